The molecule has 30 heavy (non-hydrogen) atoms. The summed E-state index contributed by atoms with van der Waals surface area (Å²) in [6, 6.07) is 3.49. The lowest BCUT2D eigenvalue weighted by molar-refractivity contribution is -0.143. The highest BCUT2D eigenvalue weighted by Crippen LogP contribution is 2.30. The van der Waals surface area contributed by atoms with Gasteiger partial charge in [0.1, 0.15) is 5.75 Å². The third-order valence-electron chi connectivity index (χ3n) is 5.45. The lowest BCUT2D eigenvalue weighted by Gasteiger charge is -2.27. The second-order valence-corrected chi connectivity index (χ2v) is 7.90. The Morgan fingerprint density at radius 1 is 1.27 bits per heavy atom. The van der Waals surface area contributed by atoms with Gasteiger partial charge in [-0.1, -0.05) is 5.21 Å². The SMILES string of the molecule is Cn1nnc(-c2ccc(O[C@H]3CCC[C@H](C(=O)O)C3)cn2)c1NC(=O)OCC1CC1. The molecule has 2 atom stereocenters. The molecule has 0 saturated heterocycles. The lowest BCUT2D eigenvalue weighted by atomic mass is 9.87. The first-order valence-corrected chi connectivity index (χ1v) is 10.2. The second kappa shape index (κ2) is 8.68. The van der Waals surface area contributed by atoms with Gasteiger partial charge in [-0.2, -0.15) is 0 Å². The summed E-state index contributed by atoms with van der Waals surface area (Å²) in [5.41, 5.74) is 0.955. The molecule has 2 fully saturated rings. The van der Waals surface area contributed by atoms with Gasteiger partial charge < -0.3 is 14.6 Å². The summed E-state index contributed by atoms with van der Waals surface area (Å²) >= 11 is 0. The molecule has 2 aromatic rings. The molecule has 2 aromatic heterocycles. The van der Waals surface area contributed by atoms with Gasteiger partial charge in [-0.3, -0.25) is 15.1 Å². The van der Waals surface area contributed by atoms with E-state index in [9.17, 15) is 14.7 Å². The van der Waals surface area contributed by atoms with Crippen molar-refractivity contribution >= 4 is 17.9 Å². The zero-order chi connectivity index (χ0) is 21.1. The van der Waals surface area contributed by atoms with E-state index in [1.54, 1.807) is 25.4 Å². The number of pyridine rings is 1. The van der Waals surface area contributed by atoms with Crippen molar-refractivity contribution in [1.82, 2.24) is 20.0 Å². The third-order valence-corrected chi connectivity index (χ3v) is 5.45. The average Bonchev–Trinajstić information content (AvgIpc) is 3.51. The summed E-state index contributed by atoms with van der Waals surface area (Å²) in [5.74, 6) is 0.314. The summed E-state index contributed by atoms with van der Waals surface area (Å²) < 4.78 is 12.6. The molecule has 2 aliphatic carbocycles. The van der Waals surface area contributed by atoms with Gasteiger partial charge in [-0.15, -0.1) is 5.10 Å². The molecular weight excluding hydrogens is 390 g/mol. The van der Waals surface area contributed by atoms with E-state index in [0.29, 0.717) is 48.3 Å². The van der Waals surface area contributed by atoms with Crippen molar-refractivity contribution < 1.29 is 24.2 Å². The number of anilines is 1. The molecule has 0 aromatic carbocycles. The van der Waals surface area contributed by atoms with Crippen LogP contribution in [-0.4, -0.2) is 49.9 Å². The number of aromatic nitrogens is 4. The number of carbonyl (C=O) groups excluding carboxylic acids is 1. The molecule has 2 heterocycles. The number of rotatable bonds is 7. The minimum Gasteiger partial charge on any atom is -0.489 e. The smallest absolute Gasteiger partial charge is 0.412 e. The van der Waals surface area contributed by atoms with E-state index >= 15 is 0 Å². The summed E-state index contributed by atoms with van der Waals surface area (Å²) in [7, 11) is 1.67. The highest BCUT2D eigenvalue weighted by molar-refractivity contribution is 5.88. The number of hydrogen-bond acceptors (Lipinski definition) is 7. The molecule has 0 radical (unpaired) electrons. The van der Waals surface area contributed by atoms with E-state index in [2.05, 4.69) is 20.6 Å². The van der Waals surface area contributed by atoms with Gasteiger partial charge in [0.05, 0.1) is 30.5 Å². The molecule has 10 nitrogen and oxygen atoms in total. The molecule has 2 saturated carbocycles. The fourth-order valence-corrected chi connectivity index (χ4v) is 3.54. The number of carboxylic acid groups (broad SMARTS) is 1. The van der Waals surface area contributed by atoms with Crippen molar-refractivity contribution in [3.8, 4) is 17.1 Å². The first-order chi connectivity index (χ1) is 14.5. The predicted molar refractivity (Wildman–Crippen MR) is 106 cm³/mol. The largest absolute Gasteiger partial charge is 0.489 e. The van der Waals surface area contributed by atoms with E-state index in [4.69, 9.17) is 9.47 Å². The van der Waals surface area contributed by atoms with E-state index in [-0.39, 0.29) is 12.0 Å². The molecule has 160 valence electrons. The number of carboxylic acids is 1. The summed E-state index contributed by atoms with van der Waals surface area (Å²) in [5, 5.41) is 20.0. The highest BCUT2D eigenvalue weighted by Gasteiger charge is 2.28. The first kappa shape index (κ1) is 20.1. The topological polar surface area (TPSA) is 128 Å². The van der Waals surface area contributed by atoms with Crippen LogP contribution in [0.4, 0.5) is 10.6 Å². The Bertz CT molecular complexity index is 909. The lowest BCUT2D eigenvalue weighted by Crippen LogP contribution is -2.29. The molecular formula is C20H25N5O5. The Morgan fingerprint density at radius 3 is 2.80 bits per heavy atom. The number of aryl methyl sites for hydroxylation is 1. The predicted octanol–water partition coefficient (Wildman–Crippen LogP) is 2.86. The van der Waals surface area contributed by atoms with Crippen LogP contribution < -0.4 is 10.1 Å². The maximum atomic E-state index is 12.0. The summed E-state index contributed by atoms with van der Waals surface area (Å²) in [6.45, 7) is 0.417. The van der Waals surface area contributed by atoms with Crippen LogP contribution in [0.1, 0.15) is 38.5 Å². The minimum absolute atomic E-state index is 0.137. The van der Waals surface area contributed by atoms with Gasteiger partial charge in [-0.05, 0) is 56.6 Å². The van der Waals surface area contributed by atoms with Crippen molar-refractivity contribution in [2.24, 2.45) is 18.9 Å². The highest BCUT2D eigenvalue weighted by atomic mass is 16.5. The molecule has 2 N–H and O–H groups in total. The van der Waals surface area contributed by atoms with Gasteiger partial charge in [0.25, 0.3) is 0 Å². The number of ether oxygens (including phenoxy) is 2. The van der Waals surface area contributed by atoms with Gasteiger partial charge in [0, 0.05) is 7.05 Å². The second-order valence-electron chi connectivity index (χ2n) is 7.90. The maximum absolute atomic E-state index is 12.0. The van der Waals surface area contributed by atoms with E-state index < -0.39 is 12.1 Å². The van der Waals surface area contributed by atoms with Crippen LogP contribution in [0, 0.1) is 11.8 Å². The maximum Gasteiger partial charge on any atom is 0.412 e. The van der Waals surface area contributed by atoms with Crippen LogP contribution in [-0.2, 0) is 16.6 Å². The van der Waals surface area contributed by atoms with Crippen LogP contribution >= 0.6 is 0 Å². The summed E-state index contributed by atoms with van der Waals surface area (Å²) in [4.78, 5) is 27.6. The van der Waals surface area contributed by atoms with Gasteiger partial charge in [0.2, 0.25) is 0 Å². The van der Waals surface area contributed by atoms with Crippen molar-refractivity contribution in [2.75, 3.05) is 11.9 Å². The zero-order valence-corrected chi connectivity index (χ0v) is 16.8. The molecule has 0 unspecified atom stereocenters. The normalized spacial score (nSPS) is 21.1. The molecule has 0 bridgehead atoms. The Kier molecular flexibility index (Phi) is 5.82. The molecule has 0 spiro atoms. The number of nitrogens with one attached hydrogen (secondary N) is 1. The molecule has 0 aliphatic heterocycles. The fourth-order valence-electron chi connectivity index (χ4n) is 3.54. The van der Waals surface area contributed by atoms with Gasteiger partial charge >= 0.3 is 12.1 Å². The minimum atomic E-state index is -0.768. The van der Waals surface area contributed by atoms with Crippen molar-refractivity contribution in [3.63, 3.8) is 0 Å². The Labute approximate surface area is 173 Å². The molecule has 4 rings (SSSR count). The quantitative estimate of drug-likeness (QED) is 0.706. The Morgan fingerprint density at radius 2 is 2.10 bits per heavy atom. The molecule has 10 heteroatoms. The number of nitrogens with zero attached hydrogens (tertiary/aromatic N) is 4. The van der Waals surface area contributed by atoms with Crippen molar-refractivity contribution in [2.45, 2.75) is 44.6 Å². The van der Waals surface area contributed by atoms with E-state index in [0.717, 1.165) is 25.7 Å². The van der Waals surface area contributed by atoms with Crippen LogP contribution in [0.5, 0.6) is 5.75 Å². The first-order valence-electron chi connectivity index (χ1n) is 10.2. The van der Waals surface area contributed by atoms with Crippen molar-refractivity contribution in [1.29, 1.82) is 0 Å². The Hall–Kier alpha value is -3.17. The monoisotopic (exact) mass is 415 g/mol. The van der Waals surface area contributed by atoms with Crippen LogP contribution in [0.2, 0.25) is 0 Å². The summed E-state index contributed by atoms with van der Waals surface area (Å²) in [6.07, 6.45) is 5.94. The van der Waals surface area contributed by atoms with E-state index in [1.807, 2.05) is 0 Å². The number of hydrogen-bond donors (Lipinski definition) is 2. The molecule has 2 aliphatic rings. The third kappa shape index (κ3) is 4.87. The van der Waals surface area contributed by atoms with Crippen LogP contribution in [0.25, 0.3) is 11.4 Å². The Balaban J connectivity index is 1.40. The molecule has 1 amide bonds. The van der Waals surface area contributed by atoms with Gasteiger partial charge in [0.15, 0.2) is 11.5 Å². The van der Waals surface area contributed by atoms with Crippen LogP contribution in [0.3, 0.4) is 0 Å². The van der Waals surface area contributed by atoms with Crippen molar-refractivity contribution in [3.05, 3.63) is 18.3 Å². The standard InChI is InChI=1S/C20H25N5O5/c1-25-18(22-20(28)29-11-12-5-6-12)17(23-24-25)16-8-7-15(10-21-16)30-14-4-2-3-13(9-14)19(26)27/h7-8,10,12-14H,2-6,9,11H2,1H3,(H,22,28)(H,26,27)/t13-,14-/m0/s1. The van der Waals surface area contributed by atoms with Crippen LogP contribution in [0.15, 0.2) is 18.3 Å². The number of amides is 1. The van der Waals surface area contributed by atoms with Gasteiger partial charge in [-0.25, -0.2) is 9.48 Å². The number of aliphatic carboxylic acids is 1. The fraction of sp³-hybridized carbons (Fsp3) is 0.550. The average molecular weight is 415 g/mol. The zero-order valence-electron chi connectivity index (χ0n) is 16.8. The van der Waals surface area contributed by atoms with E-state index in [1.165, 1.54) is 4.68 Å². The number of carbonyl (C=O) groups is 2.